The van der Waals surface area contributed by atoms with Crippen molar-refractivity contribution in [2.45, 2.75) is 20.7 Å². The highest BCUT2D eigenvalue weighted by atomic mass is 14.8. The summed E-state index contributed by atoms with van der Waals surface area (Å²) in [5, 5.41) is 3.87. The molecule has 0 aromatic heterocycles. The molecule has 0 aliphatic carbocycles. The summed E-state index contributed by atoms with van der Waals surface area (Å²) in [6.07, 6.45) is 0. The summed E-state index contributed by atoms with van der Waals surface area (Å²) in [5.41, 5.74) is 10.1. The Hall–Kier alpha value is -3.26. The molecule has 1 nitrogen and oxygen atoms in total. The Labute approximate surface area is 174 Å². The van der Waals surface area contributed by atoms with Crippen molar-refractivity contribution in [2.24, 2.45) is 0 Å². The first-order valence-electron chi connectivity index (χ1n) is 10.2. The van der Waals surface area contributed by atoms with Gasteiger partial charge in [0.2, 0.25) is 0 Å². The van der Waals surface area contributed by atoms with Gasteiger partial charge < -0.3 is 5.23 Å². The average molecular weight is 375 g/mol. The summed E-state index contributed by atoms with van der Waals surface area (Å²) in [6.45, 7) is 6.85. The number of hydrogen-bond donors (Lipinski definition) is 1. The topological polar surface area (TPSA) is 12.0 Å². The quantitative estimate of drug-likeness (QED) is 0.389. The van der Waals surface area contributed by atoms with Gasteiger partial charge in [-0.3, -0.25) is 0 Å². The van der Waals surface area contributed by atoms with Crippen molar-refractivity contribution in [2.75, 3.05) is 5.23 Å². The molecule has 0 saturated heterocycles. The fourth-order valence-corrected chi connectivity index (χ4v) is 4.22. The molecule has 4 aromatic rings. The lowest BCUT2D eigenvalue weighted by molar-refractivity contribution is 1.42. The van der Waals surface area contributed by atoms with Crippen LogP contribution in [0.2, 0.25) is 6.82 Å². The second-order valence-corrected chi connectivity index (χ2v) is 7.63. The first-order chi connectivity index (χ1) is 14.1. The SMILES string of the molecule is CB(Nc1c(-c2ccccc2)cccc1-c1ccccc1)c1c(C)cccc1C. The average Bonchev–Trinajstić information content (AvgIpc) is 2.75. The van der Waals surface area contributed by atoms with E-state index in [1.54, 1.807) is 0 Å². The molecule has 142 valence electrons. The maximum Gasteiger partial charge on any atom is 0.283 e. The predicted molar refractivity (Wildman–Crippen MR) is 128 cm³/mol. The third-order valence-corrected chi connectivity index (χ3v) is 5.57. The maximum atomic E-state index is 3.87. The lowest BCUT2D eigenvalue weighted by Gasteiger charge is -2.22. The third-order valence-electron chi connectivity index (χ3n) is 5.57. The largest absolute Gasteiger partial charge is 0.423 e. The van der Waals surface area contributed by atoms with E-state index >= 15 is 0 Å². The van der Waals surface area contributed by atoms with Crippen LogP contribution in [-0.2, 0) is 0 Å². The summed E-state index contributed by atoms with van der Waals surface area (Å²) in [4.78, 5) is 0. The van der Waals surface area contributed by atoms with E-state index in [2.05, 4.69) is 123 Å². The highest BCUT2D eigenvalue weighted by Crippen LogP contribution is 2.37. The fraction of sp³-hybridized carbons (Fsp3) is 0.111. The van der Waals surface area contributed by atoms with Crippen LogP contribution >= 0.6 is 0 Å². The van der Waals surface area contributed by atoms with Crippen LogP contribution in [0.25, 0.3) is 22.3 Å². The summed E-state index contributed by atoms with van der Waals surface area (Å²) in [7, 11) is 0. The second-order valence-electron chi connectivity index (χ2n) is 7.63. The van der Waals surface area contributed by atoms with Crippen molar-refractivity contribution >= 4 is 18.0 Å². The Balaban J connectivity index is 1.86. The van der Waals surface area contributed by atoms with Crippen molar-refractivity contribution in [3.63, 3.8) is 0 Å². The van der Waals surface area contributed by atoms with Crippen LogP contribution in [0, 0.1) is 13.8 Å². The van der Waals surface area contributed by atoms with Crippen molar-refractivity contribution < 1.29 is 0 Å². The highest BCUT2D eigenvalue weighted by Gasteiger charge is 2.20. The van der Waals surface area contributed by atoms with E-state index in [-0.39, 0.29) is 6.85 Å². The zero-order chi connectivity index (χ0) is 20.2. The lowest BCUT2D eigenvalue weighted by atomic mass is 9.55. The van der Waals surface area contributed by atoms with Crippen LogP contribution < -0.4 is 10.7 Å². The Morgan fingerprint density at radius 1 is 0.552 bits per heavy atom. The minimum atomic E-state index is 0.198. The van der Waals surface area contributed by atoms with Gasteiger partial charge in [-0.15, -0.1) is 0 Å². The molecule has 0 bridgehead atoms. The van der Waals surface area contributed by atoms with Crippen LogP contribution in [0.15, 0.2) is 97.1 Å². The first kappa shape index (κ1) is 19.1. The molecule has 0 saturated carbocycles. The number of aryl methyl sites for hydroxylation is 2. The molecule has 2 heteroatoms. The van der Waals surface area contributed by atoms with Crippen molar-refractivity contribution in [1.29, 1.82) is 0 Å². The maximum absolute atomic E-state index is 3.87. The normalized spacial score (nSPS) is 10.6. The van der Waals surface area contributed by atoms with Gasteiger partial charge >= 0.3 is 0 Å². The summed E-state index contributed by atoms with van der Waals surface area (Å²) >= 11 is 0. The summed E-state index contributed by atoms with van der Waals surface area (Å²) in [5.74, 6) is 0. The summed E-state index contributed by atoms with van der Waals surface area (Å²) in [6, 6.07) is 34.4. The predicted octanol–water partition coefficient (Wildman–Crippen LogP) is 6.58. The van der Waals surface area contributed by atoms with Gasteiger partial charge in [0, 0.05) is 16.8 Å². The van der Waals surface area contributed by atoms with Gasteiger partial charge in [0.1, 0.15) is 0 Å². The van der Waals surface area contributed by atoms with Crippen LogP contribution in [0.5, 0.6) is 0 Å². The highest BCUT2D eigenvalue weighted by molar-refractivity contribution is 6.76. The number of hydrogen-bond acceptors (Lipinski definition) is 1. The Morgan fingerprint density at radius 2 is 1.00 bits per heavy atom. The molecule has 0 heterocycles. The van der Waals surface area contributed by atoms with Gasteiger partial charge in [-0.05, 0) is 25.0 Å². The lowest BCUT2D eigenvalue weighted by Crippen LogP contribution is -2.39. The van der Waals surface area contributed by atoms with Crippen LogP contribution in [-0.4, -0.2) is 6.85 Å². The molecule has 0 fully saturated rings. The second kappa shape index (κ2) is 8.40. The van der Waals surface area contributed by atoms with Crippen LogP contribution in [0.1, 0.15) is 11.1 Å². The van der Waals surface area contributed by atoms with E-state index in [9.17, 15) is 0 Å². The molecular formula is C27H26BN. The number of benzene rings is 4. The molecule has 4 rings (SSSR count). The number of anilines is 1. The summed E-state index contributed by atoms with van der Waals surface area (Å²) < 4.78 is 0. The van der Waals surface area contributed by atoms with E-state index in [0.717, 1.165) is 0 Å². The zero-order valence-corrected chi connectivity index (χ0v) is 17.3. The van der Waals surface area contributed by atoms with Crippen LogP contribution in [0.3, 0.4) is 0 Å². The van der Waals surface area contributed by atoms with Gasteiger partial charge in [-0.1, -0.05) is 120 Å². The molecule has 0 radical (unpaired) electrons. The van der Waals surface area contributed by atoms with E-state index in [4.69, 9.17) is 0 Å². The molecule has 29 heavy (non-hydrogen) atoms. The van der Waals surface area contributed by atoms with E-state index in [1.807, 2.05) is 0 Å². The van der Waals surface area contributed by atoms with Crippen molar-refractivity contribution in [1.82, 2.24) is 0 Å². The van der Waals surface area contributed by atoms with Gasteiger partial charge in [0.05, 0.1) is 0 Å². The van der Waals surface area contributed by atoms with Gasteiger partial charge in [0.25, 0.3) is 6.85 Å². The molecule has 1 N–H and O–H groups in total. The van der Waals surface area contributed by atoms with E-state index in [0.29, 0.717) is 0 Å². The minimum absolute atomic E-state index is 0.198. The van der Waals surface area contributed by atoms with Crippen molar-refractivity contribution in [3.05, 3.63) is 108 Å². The van der Waals surface area contributed by atoms with Gasteiger partial charge in [-0.25, -0.2) is 0 Å². The molecule has 0 unspecified atom stereocenters. The Morgan fingerprint density at radius 3 is 1.48 bits per heavy atom. The molecule has 0 aliphatic rings. The molecule has 0 spiro atoms. The molecule has 4 aromatic carbocycles. The smallest absolute Gasteiger partial charge is 0.283 e. The van der Waals surface area contributed by atoms with Crippen molar-refractivity contribution in [3.8, 4) is 22.3 Å². The molecular weight excluding hydrogens is 349 g/mol. The van der Waals surface area contributed by atoms with Crippen LogP contribution in [0.4, 0.5) is 5.69 Å². The molecule has 0 aliphatic heterocycles. The minimum Gasteiger partial charge on any atom is -0.423 e. The number of nitrogens with one attached hydrogen (secondary N) is 1. The number of rotatable bonds is 5. The standard InChI is InChI=1S/C27H26BN/c1-20-12-10-13-21(2)26(20)28(3)29-27-24(22-14-6-4-7-15-22)18-11-19-25(27)23-16-8-5-9-17-23/h4-19,29H,1-3H3. The first-order valence-corrected chi connectivity index (χ1v) is 10.2. The Kier molecular flexibility index (Phi) is 5.53. The van der Waals surface area contributed by atoms with E-state index in [1.165, 1.54) is 44.5 Å². The van der Waals surface area contributed by atoms with Gasteiger partial charge in [0.15, 0.2) is 0 Å². The third kappa shape index (κ3) is 3.98. The number of para-hydroxylation sites is 1. The van der Waals surface area contributed by atoms with E-state index < -0.39 is 0 Å². The zero-order valence-electron chi connectivity index (χ0n) is 17.3. The monoisotopic (exact) mass is 375 g/mol. The Bertz CT molecular complexity index is 1030. The molecule has 0 atom stereocenters. The molecule has 0 amide bonds. The van der Waals surface area contributed by atoms with Gasteiger partial charge in [-0.2, -0.15) is 0 Å². The fourth-order valence-electron chi connectivity index (χ4n) is 4.22.